The predicted octanol–water partition coefficient (Wildman–Crippen LogP) is 5.23. The van der Waals surface area contributed by atoms with Crippen LogP contribution in [0.1, 0.15) is 16.7 Å². The third-order valence-corrected chi connectivity index (χ3v) is 5.77. The zero-order chi connectivity index (χ0) is 23.5. The fourth-order valence-electron chi connectivity index (χ4n) is 3.71. The van der Waals surface area contributed by atoms with E-state index in [1.54, 1.807) is 25.3 Å². The van der Waals surface area contributed by atoms with Gasteiger partial charge in [0, 0.05) is 17.3 Å². The number of anilines is 1. The van der Waals surface area contributed by atoms with Crippen LogP contribution in [0, 0.1) is 12.7 Å². The van der Waals surface area contributed by atoms with Gasteiger partial charge in [0.1, 0.15) is 17.3 Å². The highest BCUT2D eigenvalue weighted by Crippen LogP contribution is 2.32. The normalized spacial score (nSPS) is 13.6. The molecule has 0 radical (unpaired) electrons. The van der Waals surface area contributed by atoms with Crippen LogP contribution in [-0.2, 0) is 16.0 Å². The van der Waals surface area contributed by atoms with Crippen molar-refractivity contribution >= 4 is 34.7 Å². The van der Waals surface area contributed by atoms with Gasteiger partial charge in [-0.15, -0.1) is 0 Å². The summed E-state index contributed by atoms with van der Waals surface area (Å²) in [6.45, 7) is 2.06. The second kappa shape index (κ2) is 9.46. The van der Waals surface area contributed by atoms with Gasteiger partial charge >= 0.3 is 0 Å². The first-order valence-electron chi connectivity index (χ1n) is 10.4. The van der Waals surface area contributed by atoms with Gasteiger partial charge in [-0.25, -0.2) is 4.39 Å². The number of ether oxygens (including phenoxy) is 1. The quantitative estimate of drug-likeness (QED) is 0.486. The molecule has 0 bridgehead atoms. The molecule has 0 fully saturated rings. The molecule has 7 heteroatoms. The Labute approximate surface area is 196 Å². The Balaban J connectivity index is 1.65. The van der Waals surface area contributed by atoms with E-state index in [9.17, 15) is 14.0 Å². The molecule has 1 aliphatic rings. The molecule has 168 valence electrons. The Morgan fingerprint density at radius 1 is 0.970 bits per heavy atom. The molecule has 33 heavy (non-hydrogen) atoms. The van der Waals surface area contributed by atoms with Gasteiger partial charge in [0.15, 0.2) is 0 Å². The summed E-state index contributed by atoms with van der Waals surface area (Å²) in [6, 6.07) is 18.2. The molecule has 0 unspecified atom stereocenters. The summed E-state index contributed by atoms with van der Waals surface area (Å²) in [6.07, 6.45) is 0.491. The predicted molar refractivity (Wildman–Crippen MR) is 127 cm³/mol. The average Bonchev–Trinajstić information content (AvgIpc) is 3.04. The van der Waals surface area contributed by atoms with E-state index in [4.69, 9.17) is 16.3 Å². The molecule has 0 saturated heterocycles. The first-order chi connectivity index (χ1) is 15.9. The van der Waals surface area contributed by atoms with Crippen molar-refractivity contribution in [3.8, 4) is 5.75 Å². The highest BCUT2D eigenvalue weighted by molar-refractivity contribution is 6.36. The summed E-state index contributed by atoms with van der Waals surface area (Å²) in [7, 11) is 1.59. The lowest BCUT2D eigenvalue weighted by Gasteiger charge is -2.16. The van der Waals surface area contributed by atoms with E-state index in [1.807, 2.05) is 31.2 Å². The number of carbonyl (C=O) groups excluding carboxylic acids is 2. The Morgan fingerprint density at radius 3 is 2.30 bits per heavy atom. The fraction of sp³-hybridized carbons (Fsp3) is 0.154. The zero-order valence-corrected chi connectivity index (χ0v) is 18.9. The molecule has 1 heterocycles. The Bertz CT molecular complexity index is 1240. The van der Waals surface area contributed by atoms with E-state index in [0.717, 1.165) is 16.9 Å². The summed E-state index contributed by atoms with van der Waals surface area (Å²) in [5.74, 6) is -0.538. The SMILES string of the molecule is COc1ccc(CCN2C(=O)C(Nc3ccc(Cl)cc3C)=C(c3ccc(F)cc3)C2=O)cc1. The van der Waals surface area contributed by atoms with Crippen molar-refractivity contribution in [3.63, 3.8) is 0 Å². The standard InChI is InChI=1S/C26H22ClFN2O3/c1-16-15-19(27)7-12-22(16)29-24-23(18-5-8-20(28)9-6-18)25(31)30(26(24)32)14-13-17-3-10-21(33-2)11-4-17/h3-12,15,29H,13-14H2,1-2H3. The first-order valence-corrected chi connectivity index (χ1v) is 10.8. The van der Waals surface area contributed by atoms with Crippen molar-refractivity contribution in [2.75, 3.05) is 19.0 Å². The maximum atomic E-state index is 13.5. The number of imide groups is 1. The number of hydrogen-bond acceptors (Lipinski definition) is 4. The third kappa shape index (κ3) is 4.76. The highest BCUT2D eigenvalue weighted by atomic mass is 35.5. The number of benzene rings is 3. The summed E-state index contributed by atoms with van der Waals surface area (Å²) in [5, 5.41) is 3.69. The van der Waals surface area contributed by atoms with Crippen molar-refractivity contribution in [1.82, 2.24) is 4.90 Å². The molecule has 3 aromatic carbocycles. The van der Waals surface area contributed by atoms with Gasteiger partial charge in [-0.05, 0) is 72.5 Å². The Hall–Kier alpha value is -3.64. The molecule has 0 aromatic heterocycles. The fourth-order valence-corrected chi connectivity index (χ4v) is 3.94. The van der Waals surface area contributed by atoms with Crippen LogP contribution in [0.3, 0.4) is 0 Å². The third-order valence-electron chi connectivity index (χ3n) is 5.53. The van der Waals surface area contributed by atoms with E-state index >= 15 is 0 Å². The first kappa shape index (κ1) is 22.6. The van der Waals surface area contributed by atoms with Crippen molar-refractivity contribution < 1.29 is 18.7 Å². The van der Waals surface area contributed by atoms with Crippen LogP contribution >= 0.6 is 11.6 Å². The summed E-state index contributed by atoms with van der Waals surface area (Å²) in [4.78, 5) is 27.9. The minimum Gasteiger partial charge on any atom is -0.497 e. The number of aryl methyl sites for hydroxylation is 1. The summed E-state index contributed by atoms with van der Waals surface area (Å²) >= 11 is 6.05. The minimum absolute atomic E-state index is 0.159. The number of nitrogens with one attached hydrogen (secondary N) is 1. The molecule has 5 nitrogen and oxygen atoms in total. The minimum atomic E-state index is -0.429. The van der Waals surface area contributed by atoms with Gasteiger partial charge in [0.2, 0.25) is 0 Å². The van der Waals surface area contributed by atoms with Crippen LogP contribution < -0.4 is 10.1 Å². The topological polar surface area (TPSA) is 58.6 Å². The lowest BCUT2D eigenvalue weighted by molar-refractivity contribution is -0.136. The lowest BCUT2D eigenvalue weighted by Crippen LogP contribution is -2.34. The van der Waals surface area contributed by atoms with Crippen LogP contribution in [0.2, 0.25) is 5.02 Å². The molecule has 0 atom stereocenters. The van der Waals surface area contributed by atoms with Gasteiger partial charge in [0.25, 0.3) is 11.8 Å². The molecule has 2 amide bonds. The number of carbonyl (C=O) groups is 2. The highest BCUT2D eigenvalue weighted by Gasteiger charge is 2.39. The molecule has 3 aromatic rings. The molecule has 0 spiro atoms. The Kier molecular flexibility index (Phi) is 6.47. The van der Waals surface area contributed by atoms with Gasteiger partial charge in [-0.1, -0.05) is 35.9 Å². The summed E-state index contributed by atoms with van der Waals surface area (Å²) in [5.41, 5.74) is 3.29. The van der Waals surface area contributed by atoms with Gasteiger partial charge in [-0.2, -0.15) is 0 Å². The van der Waals surface area contributed by atoms with Crippen LogP contribution in [-0.4, -0.2) is 30.4 Å². The van der Waals surface area contributed by atoms with Crippen LogP contribution in [0.5, 0.6) is 5.75 Å². The van der Waals surface area contributed by atoms with Gasteiger partial charge < -0.3 is 10.1 Å². The maximum Gasteiger partial charge on any atom is 0.278 e. The number of amides is 2. The van der Waals surface area contributed by atoms with E-state index in [1.165, 1.54) is 29.2 Å². The number of nitrogens with zero attached hydrogens (tertiary/aromatic N) is 1. The molecule has 4 rings (SSSR count). The second-order valence-corrected chi connectivity index (χ2v) is 8.14. The second-order valence-electron chi connectivity index (χ2n) is 7.70. The van der Waals surface area contributed by atoms with Crippen molar-refractivity contribution in [3.05, 3.63) is 100.0 Å². The van der Waals surface area contributed by atoms with E-state index in [2.05, 4.69) is 5.32 Å². The molecular formula is C26H22ClFN2O3. The summed E-state index contributed by atoms with van der Waals surface area (Å²) < 4.78 is 18.7. The van der Waals surface area contributed by atoms with Gasteiger partial charge in [-0.3, -0.25) is 14.5 Å². The van der Waals surface area contributed by atoms with E-state index in [-0.39, 0.29) is 17.8 Å². The molecule has 0 saturated carbocycles. The average molecular weight is 465 g/mol. The van der Waals surface area contributed by atoms with Crippen LogP contribution in [0.25, 0.3) is 5.57 Å². The van der Waals surface area contributed by atoms with Crippen LogP contribution in [0.4, 0.5) is 10.1 Å². The molecule has 1 aliphatic heterocycles. The van der Waals surface area contributed by atoms with E-state index < -0.39 is 17.6 Å². The monoisotopic (exact) mass is 464 g/mol. The number of halogens is 2. The number of hydrogen-bond donors (Lipinski definition) is 1. The number of rotatable bonds is 7. The maximum absolute atomic E-state index is 13.5. The largest absolute Gasteiger partial charge is 0.497 e. The number of methoxy groups -OCH3 is 1. The lowest BCUT2D eigenvalue weighted by atomic mass is 10.0. The Morgan fingerprint density at radius 2 is 1.67 bits per heavy atom. The van der Waals surface area contributed by atoms with Crippen molar-refractivity contribution in [2.24, 2.45) is 0 Å². The molecular weight excluding hydrogens is 443 g/mol. The zero-order valence-electron chi connectivity index (χ0n) is 18.2. The molecule has 0 aliphatic carbocycles. The van der Waals surface area contributed by atoms with Crippen molar-refractivity contribution in [1.29, 1.82) is 0 Å². The van der Waals surface area contributed by atoms with Gasteiger partial charge in [0.05, 0.1) is 12.7 Å². The van der Waals surface area contributed by atoms with E-state index in [0.29, 0.717) is 22.7 Å². The van der Waals surface area contributed by atoms with Crippen molar-refractivity contribution in [2.45, 2.75) is 13.3 Å². The molecule has 1 N–H and O–H groups in total. The van der Waals surface area contributed by atoms with Crippen LogP contribution in [0.15, 0.2) is 72.4 Å². The smallest absolute Gasteiger partial charge is 0.278 e.